The Hall–Kier alpha value is -3.00. The molecule has 1 atom stereocenters. The number of benzene rings is 1. The van der Waals surface area contributed by atoms with Crippen LogP contribution in [0.2, 0.25) is 0 Å². The quantitative estimate of drug-likeness (QED) is 0.731. The molecule has 2 fully saturated rings. The Labute approximate surface area is 199 Å². The molecule has 4 rings (SSSR count). The molecule has 34 heavy (non-hydrogen) atoms. The Kier molecular flexibility index (Phi) is 7.16. The van der Waals surface area contributed by atoms with Crippen LogP contribution in [0.1, 0.15) is 54.1 Å². The van der Waals surface area contributed by atoms with Crippen LogP contribution in [0.3, 0.4) is 0 Å². The number of pyridine rings is 1. The third-order valence-electron chi connectivity index (χ3n) is 7.19. The van der Waals surface area contributed by atoms with Crippen molar-refractivity contribution in [1.29, 1.82) is 0 Å². The Morgan fingerprint density at radius 2 is 1.88 bits per heavy atom. The Morgan fingerprint density at radius 1 is 1.15 bits per heavy atom. The highest BCUT2D eigenvalue weighted by Crippen LogP contribution is 2.29. The largest absolute Gasteiger partial charge is 0.337 e. The van der Waals surface area contributed by atoms with Gasteiger partial charge in [0, 0.05) is 68.7 Å². The van der Waals surface area contributed by atoms with E-state index >= 15 is 0 Å². The van der Waals surface area contributed by atoms with Crippen LogP contribution in [-0.4, -0.2) is 51.9 Å². The zero-order chi connectivity index (χ0) is 24.4. The van der Waals surface area contributed by atoms with Gasteiger partial charge in [-0.1, -0.05) is 12.8 Å². The average molecular weight is 469 g/mol. The number of piperazine rings is 1. The van der Waals surface area contributed by atoms with E-state index in [0.29, 0.717) is 18.8 Å². The number of anilines is 1. The number of aromatic nitrogens is 1. The third kappa shape index (κ3) is 5.22. The standard InChI is InChI=1S/C26H33FN4O3/c1-17-15-30(10-11-31(17)26(34)19-6-4-5-7-19)16-21-12-22(27)14-23(18(21)2)28-25(33)20-8-9-29(3)24(32)13-20/h8-9,12-14,17,19H,4-7,10-11,15-16H2,1-3H3,(H,28,33)/t17-/m0/s1. The minimum atomic E-state index is -0.454. The Bertz CT molecular complexity index is 1140. The molecular formula is C26H33FN4O3. The first-order valence-corrected chi connectivity index (χ1v) is 12.0. The second-order valence-corrected chi connectivity index (χ2v) is 9.65. The van der Waals surface area contributed by atoms with Gasteiger partial charge in [-0.05, 0) is 56.0 Å². The molecule has 182 valence electrons. The molecule has 1 saturated heterocycles. The molecule has 2 aromatic rings. The van der Waals surface area contributed by atoms with Crippen LogP contribution >= 0.6 is 0 Å². The van der Waals surface area contributed by atoms with E-state index in [2.05, 4.69) is 17.1 Å². The maximum atomic E-state index is 14.5. The lowest BCUT2D eigenvalue weighted by Crippen LogP contribution is -2.54. The van der Waals surface area contributed by atoms with E-state index in [1.54, 1.807) is 13.1 Å². The van der Waals surface area contributed by atoms with Crippen LogP contribution in [0.25, 0.3) is 0 Å². The summed E-state index contributed by atoms with van der Waals surface area (Å²) in [5.74, 6) is -0.421. The molecule has 7 nitrogen and oxygen atoms in total. The van der Waals surface area contributed by atoms with Crippen molar-refractivity contribution in [1.82, 2.24) is 14.4 Å². The van der Waals surface area contributed by atoms with Crippen molar-refractivity contribution in [3.05, 3.63) is 63.3 Å². The maximum absolute atomic E-state index is 14.5. The van der Waals surface area contributed by atoms with Crippen molar-refractivity contribution in [2.24, 2.45) is 13.0 Å². The van der Waals surface area contributed by atoms with Gasteiger partial charge >= 0.3 is 0 Å². The van der Waals surface area contributed by atoms with Gasteiger partial charge in [-0.15, -0.1) is 0 Å². The number of amides is 2. The van der Waals surface area contributed by atoms with Gasteiger partial charge in [0.15, 0.2) is 0 Å². The number of nitrogens with zero attached hydrogens (tertiary/aromatic N) is 3. The lowest BCUT2D eigenvalue weighted by atomic mass is 10.0. The van der Waals surface area contributed by atoms with Crippen LogP contribution in [0.5, 0.6) is 0 Å². The second kappa shape index (κ2) is 10.1. The fourth-order valence-corrected chi connectivity index (χ4v) is 5.07. The number of rotatable bonds is 5. The molecule has 1 aliphatic heterocycles. The highest BCUT2D eigenvalue weighted by molar-refractivity contribution is 6.04. The summed E-state index contributed by atoms with van der Waals surface area (Å²) >= 11 is 0. The van der Waals surface area contributed by atoms with Crippen LogP contribution in [0.4, 0.5) is 10.1 Å². The predicted molar refractivity (Wildman–Crippen MR) is 129 cm³/mol. The van der Waals surface area contributed by atoms with Crippen molar-refractivity contribution in [3.8, 4) is 0 Å². The van der Waals surface area contributed by atoms with E-state index in [9.17, 15) is 18.8 Å². The number of carbonyl (C=O) groups excluding carboxylic acids is 2. The topological polar surface area (TPSA) is 74.7 Å². The Balaban J connectivity index is 1.44. The first-order valence-electron chi connectivity index (χ1n) is 12.0. The zero-order valence-corrected chi connectivity index (χ0v) is 20.1. The first-order chi connectivity index (χ1) is 16.2. The van der Waals surface area contributed by atoms with Crippen molar-refractivity contribution in [3.63, 3.8) is 0 Å². The predicted octanol–water partition coefficient (Wildman–Crippen LogP) is 3.31. The number of nitrogens with one attached hydrogen (secondary N) is 1. The van der Waals surface area contributed by atoms with Gasteiger partial charge in [0.1, 0.15) is 5.82 Å². The Morgan fingerprint density at radius 3 is 2.56 bits per heavy atom. The number of hydrogen-bond donors (Lipinski definition) is 1. The van der Waals surface area contributed by atoms with Crippen molar-refractivity contribution in [2.75, 3.05) is 25.0 Å². The summed E-state index contributed by atoms with van der Waals surface area (Å²) in [4.78, 5) is 41.6. The molecule has 1 saturated carbocycles. The van der Waals surface area contributed by atoms with E-state index in [1.165, 1.54) is 29.0 Å². The van der Waals surface area contributed by atoms with Crippen LogP contribution < -0.4 is 10.9 Å². The van der Waals surface area contributed by atoms with Gasteiger partial charge in [0.05, 0.1) is 0 Å². The van der Waals surface area contributed by atoms with Crippen LogP contribution in [0.15, 0.2) is 35.3 Å². The number of hydrogen-bond acceptors (Lipinski definition) is 4. The molecule has 1 aromatic heterocycles. The molecule has 0 bridgehead atoms. The highest BCUT2D eigenvalue weighted by Gasteiger charge is 2.33. The smallest absolute Gasteiger partial charge is 0.255 e. The zero-order valence-electron chi connectivity index (χ0n) is 20.1. The molecule has 8 heteroatoms. The third-order valence-corrected chi connectivity index (χ3v) is 7.19. The number of carbonyl (C=O) groups is 2. The molecule has 1 aromatic carbocycles. The van der Waals surface area contributed by atoms with Crippen molar-refractivity contribution >= 4 is 17.5 Å². The van der Waals surface area contributed by atoms with Gasteiger partial charge in [0.2, 0.25) is 5.91 Å². The molecule has 2 aliphatic rings. The molecule has 0 spiro atoms. The fourth-order valence-electron chi connectivity index (χ4n) is 5.07. The molecular weight excluding hydrogens is 435 g/mol. The molecule has 0 radical (unpaired) electrons. The monoisotopic (exact) mass is 468 g/mol. The molecule has 2 heterocycles. The minimum Gasteiger partial charge on any atom is -0.337 e. The van der Waals surface area contributed by atoms with Crippen LogP contribution in [-0.2, 0) is 18.4 Å². The number of halogens is 1. The van der Waals surface area contributed by atoms with E-state index in [0.717, 1.165) is 49.9 Å². The van der Waals surface area contributed by atoms with Gasteiger partial charge in [0.25, 0.3) is 11.5 Å². The molecule has 0 unspecified atom stereocenters. The molecule has 2 amide bonds. The summed E-state index contributed by atoms with van der Waals surface area (Å²) in [5, 5.41) is 2.76. The summed E-state index contributed by atoms with van der Waals surface area (Å²) in [7, 11) is 1.61. The maximum Gasteiger partial charge on any atom is 0.255 e. The average Bonchev–Trinajstić information content (AvgIpc) is 3.33. The number of aryl methyl sites for hydroxylation is 1. The summed E-state index contributed by atoms with van der Waals surface area (Å²) in [6.45, 7) is 6.60. The minimum absolute atomic E-state index is 0.107. The van der Waals surface area contributed by atoms with E-state index in [-0.39, 0.29) is 29.0 Å². The molecule has 1 N–H and O–H groups in total. The molecule has 1 aliphatic carbocycles. The van der Waals surface area contributed by atoms with E-state index in [1.807, 2.05) is 11.8 Å². The summed E-state index contributed by atoms with van der Waals surface area (Å²) in [6, 6.07) is 5.73. The van der Waals surface area contributed by atoms with Gasteiger partial charge < -0.3 is 14.8 Å². The summed E-state index contributed by atoms with van der Waals surface area (Å²) in [6.07, 6.45) is 5.81. The SMILES string of the molecule is Cc1c(CN2CCN(C(=O)C3CCCC3)[C@@H](C)C2)cc(F)cc1NC(=O)c1ccn(C)c(=O)c1. The second-order valence-electron chi connectivity index (χ2n) is 9.65. The van der Waals surface area contributed by atoms with Crippen molar-refractivity contribution < 1.29 is 14.0 Å². The lowest BCUT2D eigenvalue weighted by Gasteiger charge is -2.41. The van der Waals surface area contributed by atoms with Crippen molar-refractivity contribution in [2.45, 2.75) is 52.1 Å². The summed E-state index contributed by atoms with van der Waals surface area (Å²) in [5.41, 5.74) is 1.91. The van der Waals surface area contributed by atoms with Gasteiger partial charge in [-0.3, -0.25) is 19.3 Å². The van der Waals surface area contributed by atoms with E-state index < -0.39 is 11.7 Å². The van der Waals surface area contributed by atoms with Gasteiger partial charge in [-0.25, -0.2) is 4.39 Å². The lowest BCUT2D eigenvalue weighted by molar-refractivity contribution is -0.140. The first kappa shape index (κ1) is 24.1. The fraction of sp³-hybridized carbons (Fsp3) is 0.500. The normalized spacial score (nSPS) is 19.4. The van der Waals surface area contributed by atoms with E-state index in [4.69, 9.17) is 0 Å². The van der Waals surface area contributed by atoms with Gasteiger partial charge in [-0.2, -0.15) is 0 Å². The van der Waals surface area contributed by atoms with Crippen LogP contribution in [0, 0.1) is 18.7 Å². The highest BCUT2D eigenvalue weighted by atomic mass is 19.1. The summed E-state index contributed by atoms with van der Waals surface area (Å²) < 4.78 is 15.9.